The standard InChI is InChI=1S/C16H16FNO3/c17-12-5-4-6-13(11-12)20-15-8-7-14(21-15)16(19)18-9-2-1-3-10-18/h4-8,11H,1-3,9-10H2. The average Bonchev–Trinajstić information content (AvgIpc) is 2.96. The van der Waals surface area contributed by atoms with Crippen molar-refractivity contribution in [1.82, 2.24) is 4.90 Å². The lowest BCUT2D eigenvalue weighted by Gasteiger charge is -2.25. The second-order valence-corrected chi connectivity index (χ2v) is 5.03. The summed E-state index contributed by atoms with van der Waals surface area (Å²) in [7, 11) is 0. The molecule has 3 rings (SSSR count). The molecule has 0 radical (unpaired) electrons. The van der Waals surface area contributed by atoms with Gasteiger partial charge in [-0.05, 0) is 37.5 Å². The first-order valence-electron chi connectivity index (χ1n) is 7.05. The van der Waals surface area contributed by atoms with Gasteiger partial charge in [0.25, 0.3) is 11.9 Å². The number of halogens is 1. The summed E-state index contributed by atoms with van der Waals surface area (Å²) in [5, 5.41) is 0. The SMILES string of the molecule is O=C(c1ccc(Oc2cccc(F)c2)o1)N1CCCCC1. The minimum absolute atomic E-state index is 0.121. The van der Waals surface area contributed by atoms with Gasteiger partial charge in [0.05, 0.1) is 0 Å². The number of carbonyl (C=O) groups excluding carboxylic acids is 1. The van der Waals surface area contributed by atoms with E-state index in [1.807, 2.05) is 0 Å². The molecule has 0 N–H and O–H groups in total. The lowest BCUT2D eigenvalue weighted by molar-refractivity contribution is 0.0687. The molecule has 1 fully saturated rings. The summed E-state index contributed by atoms with van der Waals surface area (Å²) in [5.41, 5.74) is 0. The minimum Gasteiger partial charge on any atom is -0.426 e. The molecule has 2 heterocycles. The number of benzene rings is 1. The Balaban J connectivity index is 1.69. The summed E-state index contributed by atoms with van der Waals surface area (Å²) in [4.78, 5) is 14.0. The number of nitrogens with zero attached hydrogens (tertiary/aromatic N) is 1. The highest BCUT2D eigenvalue weighted by Crippen LogP contribution is 2.25. The molecule has 5 heteroatoms. The molecule has 0 saturated carbocycles. The van der Waals surface area contributed by atoms with Crippen molar-refractivity contribution in [3.8, 4) is 11.7 Å². The number of carbonyl (C=O) groups is 1. The summed E-state index contributed by atoms with van der Waals surface area (Å²) in [5.74, 6) is 0.262. The van der Waals surface area contributed by atoms with Crippen molar-refractivity contribution < 1.29 is 18.3 Å². The second-order valence-electron chi connectivity index (χ2n) is 5.03. The molecule has 110 valence electrons. The van der Waals surface area contributed by atoms with Crippen LogP contribution in [0.2, 0.25) is 0 Å². The van der Waals surface area contributed by atoms with Gasteiger partial charge in [-0.25, -0.2) is 4.39 Å². The Hall–Kier alpha value is -2.30. The molecule has 1 amide bonds. The third-order valence-corrected chi connectivity index (χ3v) is 3.45. The van der Waals surface area contributed by atoms with Crippen LogP contribution in [0.3, 0.4) is 0 Å². The van der Waals surface area contributed by atoms with Crippen molar-refractivity contribution in [3.63, 3.8) is 0 Å². The van der Waals surface area contributed by atoms with Gasteiger partial charge in [-0.1, -0.05) is 6.07 Å². The molecule has 1 aromatic carbocycles. The van der Waals surface area contributed by atoms with Gasteiger partial charge in [-0.15, -0.1) is 0 Å². The van der Waals surface area contributed by atoms with E-state index in [1.54, 1.807) is 29.2 Å². The number of piperidine rings is 1. The summed E-state index contributed by atoms with van der Waals surface area (Å²) >= 11 is 0. The van der Waals surface area contributed by atoms with Crippen LogP contribution in [0, 0.1) is 5.82 Å². The van der Waals surface area contributed by atoms with Gasteiger partial charge in [0.1, 0.15) is 11.6 Å². The van der Waals surface area contributed by atoms with Crippen LogP contribution >= 0.6 is 0 Å². The number of amides is 1. The lowest BCUT2D eigenvalue weighted by atomic mass is 10.1. The third kappa shape index (κ3) is 3.24. The number of furan rings is 1. The largest absolute Gasteiger partial charge is 0.426 e. The van der Waals surface area contributed by atoms with Crippen LogP contribution in [0.15, 0.2) is 40.8 Å². The Bertz CT molecular complexity index is 632. The first-order chi connectivity index (χ1) is 10.2. The van der Waals surface area contributed by atoms with Crippen molar-refractivity contribution in [2.75, 3.05) is 13.1 Å². The fourth-order valence-corrected chi connectivity index (χ4v) is 2.39. The molecule has 0 bridgehead atoms. The molecule has 0 unspecified atom stereocenters. The average molecular weight is 289 g/mol. The number of hydrogen-bond donors (Lipinski definition) is 0. The smallest absolute Gasteiger partial charge is 0.290 e. The van der Waals surface area contributed by atoms with Gasteiger partial charge >= 0.3 is 0 Å². The van der Waals surface area contributed by atoms with Gasteiger partial charge in [0.2, 0.25) is 0 Å². The van der Waals surface area contributed by atoms with Crippen LogP contribution in [0.25, 0.3) is 0 Å². The van der Waals surface area contributed by atoms with Crippen LogP contribution in [-0.2, 0) is 0 Å². The highest BCUT2D eigenvalue weighted by atomic mass is 19.1. The first-order valence-corrected chi connectivity index (χ1v) is 7.05. The highest BCUT2D eigenvalue weighted by Gasteiger charge is 2.21. The summed E-state index contributed by atoms with van der Waals surface area (Å²) < 4.78 is 23.9. The van der Waals surface area contributed by atoms with E-state index in [9.17, 15) is 9.18 Å². The zero-order valence-electron chi connectivity index (χ0n) is 11.5. The summed E-state index contributed by atoms with van der Waals surface area (Å²) in [6, 6.07) is 8.92. The fraction of sp³-hybridized carbons (Fsp3) is 0.312. The van der Waals surface area contributed by atoms with E-state index in [1.165, 1.54) is 12.1 Å². The van der Waals surface area contributed by atoms with Crippen molar-refractivity contribution in [2.24, 2.45) is 0 Å². The van der Waals surface area contributed by atoms with Crippen LogP contribution in [0.1, 0.15) is 29.8 Å². The molecule has 0 aliphatic carbocycles. The number of hydrogen-bond acceptors (Lipinski definition) is 3. The highest BCUT2D eigenvalue weighted by molar-refractivity contribution is 5.91. The van der Waals surface area contributed by atoms with E-state index in [-0.39, 0.29) is 23.4 Å². The molecule has 1 aromatic heterocycles. The van der Waals surface area contributed by atoms with Crippen LogP contribution in [0.4, 0.5) is 4.39 Å². The van der Waals surface area contributed by atoms with E-state index < -0.39 is 0 Å². The quantitative estimate of drug-likeness (QED) is 0.862. The topological polar surface area (TPSA) is 42.7 Å². The van der Waals surface area contributed by atoms with Gasteiger partial charge in [-0.3, -0.25) is 4.79 Å². The maximum atomic E-state index is 13.1. The monoisotopic (exact) mass is 289 g/mol. The van der Waals surface area contributed by atoms with Crippen molar-refractivity contribution >= 4 is 5.91 Å². The summed E-state index contributed by atoms with van der Waals surface area (Å²) in [6.07, 6.45) is 3.22. The van der Waals surface area contributed by atoms with Crippen molar-refractivity contribution in [1.29, 1.82) is 0 Å². The van der Waals surface area contributed by atoms with E-state index in [4.69, 9.17) is 9.15 Å². The lowest BCUT2D eigenvalue weighted by Crippen LogP contribution is -2.35. The van der Waals surface area contributed by atoms with Crippen molar-refractivity contribution in [3.05, 3.63) is 48.0 Å². The van der Waals surface area contributed by atoms with E-state index >= 15 is 0 Å². The Labute approximate surface area is 122 Å². The van der Waals surface area contributed by atoms with Gasteiger partial charge < -0.3 is 14.1 Å². The number of rotatable bonds is 3. The van der Waals surface area contributed by atoms with Crippen molar-refractivity contribution in [2.45, 2.75) is 19.3 Å². The number of ether oxygens (including phenoxy) is 1. The maximum Gasteiger partial charge on any atom is 0.290 e. The van der Waals surface area contributed by atoms with Gasteiger partial charge in [0.15, 0.2) is 5.76 Å². The number of likely N-dealkylation sites (tertiary alicyclic amines) is 1. The summed E-state index contributed by atoms with van der Waals surface area (Å²) in [6.45, 7) is 1.53. The Morgan fingerprint density at radius 1 is 1.14 bits per heavy atom. The zero-order chi connectivity index (χ0) is 14.7. The van der Waals surface area contributed by atoms with Crippen LogP contribution in [0.5, 0.6) is 11.7 Å². The van der Waals surface area contributed by atoms with Gasteiger partial charge in [0, 0.05) is 25.2 Å². The predicted octanol–water partition coefficient (Wildman–Crippen LogP) is 3.84. The molecule has 1 saturated heterocycles. The second kappa shape index (κ2) is 5.99. The molecule has 1 aliphatic rings. The molecule has 0 atom stereocenters. The molecule has 0 spiro atoms. The minimum atomic E-state index is -0.385. The van der Waals surface area contributed by atoms with Crippen LogP contribution in [-0.4, -0.2) is 23.9 Å². The third-order valence-electron chi connectivity index (χ3n) is 3.45. The van der Waals surface area contributed by atoms with E-state index in [0.717, 1.165) is 32.4 Å². The Kier molecular flexibility index (Phi) is 3.90. The van der Waals surface area contributed by atoms with Crippen LogP contribution < -0.4 is 4.74 Å². The van der Waals surface area contributed by atoms with E-state index in [0.29, 0.717) is 5.75 Å². The fourth-order valence-electron chi connectivity index (χ4n) is 2.39. The maximum absolute atomic E-state index is 13.1. The molecule has 21 heavy (non-hydrogen) atoms. The first kappa shape index (κ1) is 13.7. The molecule has 4 nitrogen and oxygen atoms in total. The molecule has 2 aromatic rings. The normalized spacial score (nSPS) is 15.0. The Morgan fingerprint density at radius 3 is 2.71 bits per heavy atom. The molecule has 1 aliphatic heterocycles. The molecular weight excluding hydrogens is 273 g/mol. The van der Waals surface area contributed by atoms with E-state index in [2.05, 4.69) is 0 Å². The zero-order valence-corrected chi connectivity index (χ0v) is 11.5. The Morgan fingerprint density at radius 2 is 1.95 bits per heavy atom. The predicted molar refractivity (Wildman–Crippen MR) is 74.9 cm³/mol. The van der Waals surface area contributed by atoms with Gasteiger partial charge in [-0.2, -0.15) is 0 Å². The molecular formula is C16H16FNO3.